The molecule has 2 N–H and O–H groups in total. The number of phenols is 1. The molecule has 0 saturated carbocycles. The lowest BCUT2D eigenvalue weighted by molar-refractivity contribution is 0.193. The number of aryl methyl sites for hydroxylation is 1. The van der Waals surface area contributed by atoms with Crippen molar-refractivity contribution in [2.24, 2.45) is 7.05 Å². The van der Waals surface area contributed by atoms with Crippen LogP contribution >= 0.6 is 0 Å². The lowest BCUT2D eigenvalue weighted by Crippen LogP contribution is -2.42. The maximum absolute atomic E-state index is 11.8. The van der Waals surface area contributed by atoms with Crippen molar-refractivity contribution in [3.63, 3.8) is 0 Å². The Balaban J connectivity index is 3.19. The molecule has 0 fully saturated rings. The van der Waals surface area contributed by atoms with E-state index in [0.29, 0.717) is 0 Å². The van der Waals surface area contributed by atoms with E-state index in [1.165, 1.54) is 25.2 Å². The first-order valence-electron chi connectivity index (χ1n) is 4.62. The van der Waals surface area contributed by atoms with Gasteiger partial charge in [-0.3, -0.25) is 9.36 Å². The summed E-state index contributed by atoms with van der Waals surface area (Å²) in [7, 11) is 1.32. The first-order chi connectivity index (χ1) is 7.95. The van der Waals surface area contributed by atoms with E-state index in [0.717, 1.165) is 4.57 Å². The van der Waals surface area contributed by atoms with Gasteiger partial charge in [-0.1, -0.05) is 6.07 Å². The first kappa shape index (κ1) is 10.9. The number of aromatic hydroxyl groups is 1. The fourth-order valence-corrected chi connectivity index (χ4v) is 1.65. The van der Waals surface area contributed by atoms with Gasteiger partial charge in [-0.2, -0.15) is 4.57 Å². The fourth-order valence-electron chi connectivity index (χ4n) is 1.65. The van der Waals surface area contributed by atoms with Gasteiger partial charge in [0.05, 0.1) is 5.52 Å². The molecule has 0 spiro atoms. The number of fused-ring (bicyclic) bond motifs is 1. The van der Waals surface area contributed by atoms with Crippen molar-refractivity contribution in [3.05, 3.63) is 39.0 Å². The molecule has 88 valence electrons. The molecule has 17 heavy (non-hydrogen) atoms. The third-order valence-electron chi connectivity index (χ3n) is 2.47. The second-order valence-electron chi connectivity index (χ2n) is 3.44. The highest BCUT2D eigenvalue weighted by molar-refractivity contribution is 5.86. The van der Waals surface area contributed by atoms with Crippen molar-refractivity contribution in [3.8, 4) is 5.75 Å². The molecule has 1 heterocycles. The minimum Gasteiger partial charge on any atom is -0.507 e. The van der Waals surface area contributed by atoms with Gasteiger partial charge in [-0.05, 0) is 12.1 Å². The largest absolute Gasteiger partial charge is 0.507 e. The maximum Gasteiger partial charge on any atom is 0.422 e. The molecular formula is C10H8N2O5. The number of carboxylic acid groups (broad SMARTS) is 1. The van der Waals surface area contributed by atoms with Crippen LogP contribution in [0.1, 0.15) is 0 Å². The van der Waals surface area contributed by atoms with Crippen LogP contribution in [0.5, 0.6) is 5.75 Å². The summed E-state index contributed by atoms with van der Waals surface area (Å²) in [6.45, 7) is 0. The van der Waals surface area contributed by atoms with Gasteiger partial charge in [-0.25, -0.2) is 9.59 Å². The van der Waals surface area contributed by atoms with Crippen LogP contribution in [-0.2, 0) is 7.05 Å². The highest BCUT2D eigenvalue weighted by Gasteiger charge is 2.17. The number of hydrogen-bond donors (Lipinski definition) is 2. The Kier molecular flexibility index (Phi) is 2.24. The molecule has 7 heteroatoms. The number of carbonyl (C=O) groups is 1. The molecule has 0 atom stereocenters. The highest BCUT2D eigenvalue weighted by atomic mass is 16.4. The molecule has 0 aliphatic carbocycles. The van der Waals surface area contributed by atoms with E-state index in [1.54, 1.807) is 0 Å². The van der Waals surface area contributed by atoms with Crippen LogP contribution in [0.25, 0.3) is 10.9 Å². The Morgan fingerprint density at radius 1 is 1.29 bits per heavy atom. The molecule has 7 nitrogen and oxygen atoms in total. The van der Waals surface area contributed by atoms with E-state index < -0.39 is 17.3 Å². The maximum atomic E-state index is 11.8. The average molecular weight is 236 g/mol. The molecule has 1 aromatic heterocycles. The standard InChI is InChI=1S/C10H8N2O5/c1-11-5-3-2-4-6(13)7(5)8(14)12(9(11)15)10(16)17/h2-4,13H,1H3,(H,16,17). The zero-order valence-electron chi connectivity index (χ0n) is 8.75. The van der Waals surface area contributed by atoms with E-state index in [1.807, 2.05) is 0 Å². The fraction of sp³-hybridized carbons (Fsp3) is 0.100. The van der Waals surface area contributed by atoms with Gasteiger partial charge >= 0.3 is 11.8 Å². The van der Waals surface area contributed by atoms with Crippen LogP contribution in [-0.4, -0.2) is 25.4 Å². The van der Waals surface area contributed by atoms with Gasteiger partial charge < -0.3 is 10.2 Å². The van der Waals surface area contributed by atoms with Crippen LogP contribution in [0.3, 0.4) is 0 Å². The Bertz CT molecular complexity index is 741. The van der Waals surface area contributed by atoms with E-state index in [4.69, 9.17) is 5.11 Å². The molecule has 0 radical (unpaired) electrons. The van der Waals surface area contributed by atoms with Gasteiger partial charge in [0.25, 0.3) is 5.56 Å². The van der Waals surface area contributed by atoms with E-state index in [-0.39, 0.29) is 21.2 Å². The molecule has 0 bridgehead atoms. The Labute approximate surface area is 93.8 Å². The summed E-state index contributed by atoms with van der Waals surface area (Å²) in [5.74, 6) is -0.363. The molecule has 1 aromatic carbocycles. The monoisotopic (exact) mass is 236 g/mol. The third kappa shape index (κ3) is 1.40. The quantitative estimate of drug-likeness (QED) is 0.666. The molecule has 0 amide bonds. The predicted octanol–water partition coefficient (Wildman–Crippen LogP) is -0.0681. The van der Waals surface area contributed by atoms with Crippen molar-refractivity contribution in [1.29, 1.82) is 0 Å². The van der Waals surface area contributed by atoms with Gasteiger partial charge in [0.1, 0.15) is 11.1 Å². The number of rotatable bonds is 0. The summed E-state index contributed by atoms with van der Waals surface area (Å²) in [6.07, 6.45) is -1.68. The van der Waals surface area contributed by atoms with Crippen molar-refractivity contribution in [2.75, 3.05) is 0 Å². The van der Waals surface area contributed by atoms with Crippen LogP contribution < -0.4 is 11.2 Å². The minimum atomic E-state index is -1.68. The second-order valence-corrected chi connectivity index (χ2v) is 3.44. The summed E-state index contributed by atoms with van der Waals surface area (Å²) in [6, 6.07) is 4.16. The molecule has 0 unspecified atom stereocenters. The normalized spacial score (nSPS) is 10.6. The molecule has 0 aliphatic heterocycles. The Morgan fingerprint density at radius 2 is 1.94 bits per heavy atom. The summed E-state index contributed by atoms with van der Waals surface area (Å²) >= 11 is 0. The second kappa shape index (κ2) is 3.48. The van der Waals surface area contributed by atoms with Crippen molar-refractivity contribution in [2.45, 2.75) is 0 Å². The van der Waals surface area contributed by atoms with Crippen molar-refractivity contribution < 1.29 is 15.0 Å². The van der Waals surface area contributed by atoms with E-state index >= 15 is 0 Å². The van der Waals surface area contributed by atoms with Crippen LogP contribution in [0, 0.1) is 0 Å². The summed E-state index contributed by atoms with van der Waals surface area (Å²) < 4.78 is 1.05. The summed E-state index contributed by atoms with van der Waals surface area (Å²) in [5.41, 5.74) is -1.84. The van der Waals surface area contributed by atoms with Gasteiger partial charge in [0, 0.05) is 7.05 Å². The summed E-state index contributed by atoms with van der Waals surface area (Å²) in [4.78, 5) is 34.2. The molecule has 0 saturated heterocycles. The molecular weight excluding hydrogens is 228 g/mol. The van der Waals surface area contributed by atoms with Crippen LogP contribution in [0.2, 0.25) is 0 Å². The van der Waals surface area contributed by atoms with Crippen molar-refractivity contribution >= 4 is 17.0 Å². The van der Waals surface area contributed by atoms with Gasteiger partial charge in [-0.15, -0.1) is 0 Å². The number of benzene rings is 1. The highest BCUT2D eigenvalue weighted by Crippen LogP contribution is 2.18. The number of nitrogens with zero attached hydrogens (tertiary/aromatic N) is 2. The average Bonchev–Trinajstić information content (AvgIpc) is 2.25. The lowest BCUT2D eigenvalue weighted by Gasteiger charge is -2.07. The van der Waals surface area contributed by atoms with E-state index in [2.05, 4.69) is 0 Å². The van der Waals surface area contributed by atoms with Crippen LogP contribution in [0.4, 0.5) is 4.79 Å². The zero-order chi connectivity index (χ0) is 12.7. The Morgan fingerprint density at radius 3 is 2.53 bits per heavy atom. The number of hydrogen-bond acceptors (Lipinski definition) is 4. The van der Waals surface area contributed by atoms with Gasteiger partial charge in [0.15, 0.2) is 0 Å². The molecule has 2 aromatic rings. The predicted molar refractivity (Wildman–Crippen MR) is 58.5 cm³/mol. The first-order valence-corrected chi connectivity index (χ1v) is 4.62. The summed E-state index contributed by atoms with van der Waals surface area (Å²) in [5, 5.41) is 18.1. The molecule has 0 aliphatic rings. The zero-order valence-corrected chi connectivity index (χ0v) is 8.75. The smallest absolute Gasteiger partial charge is 0.422 e. The topological polar surface area (TPSA) is 102 Å². The molecule has 2 rings (SSSR count). The van der Waals surface area contributed by atoms with E-state index in [9.17, 15) is 19.5 Å². The number of aromatic nitrogens is 2. The SMILES string of the molecule is Cn1c(=O)n(C(=O)O)c(=O)c2c(O)cccc21. The number of phenolic OH excluding ortho intramolecular Hbond substituents is 1. The Hall–Kier alpha value is -2.57. The lowest BCUT2D eigenvalue weighted by atomic mass is 10.2. The third-order valence-corrected chi connectivity index (χ3v) is 2.47. The van der Waals surface area contributed by atoms with Crippen molar-refractivity contribution in [1.82, 2.24) is 9.13 Å². The minimum absolute atomic E-state index is 0.0576. The van der Waals surface area contributed by atoms with Gasteiger partial charge in [0.2, 0.25) is 0 Å². The van der Waals surface area contributed by atoms with Crippen LogP contribution in [0.15, 0.2) is 27.8 Å².